The van der Waals surface area contributed by atoms with E-state index in [0.717, 1.165) is 63.8 Å². The van der Waals surface area contributed by atoms with E-state index in [2.05, 4.69) is 15.1 Å². The van der Waals surface area contributed by atoms with Crippen LogP contribution in [0.1, 0.15) is 57.8 Å². The average molecular weight is 377 g/mol. The fourth-order valence-electron chi connectivity index (χ4n) is 4.98. The summed E-state index contributed by atoms with van der Waals surface area (Å²) in [5.41, 5.74) is 5.36. The van der Waals surface area contributed by atoms with E-state index in [-0.39, 0.29) is 11.9 Å². The quantitative estimate of drug-likeness (QED) is 0.637. The summed E-state index contributed by atoms with van der Waals surface area (Å²) in [6, 6.07) is 0.413. The monoisotopic (exact) mass is 376 g/mol. The van der Waals surface area contributed by atoms with E-state index < -0.39 is 0 Å². The van der Waals surface area contributed by atoms with Gasteiger partial charge in [-0.1, -0.05) is 25.7 Å². The van der Waals surface area contributed by atoms with Crippen molar-refractivity contribution in [1.29, 1.82) is 0 Å². The summed E-state index contributed by atoms with van der Waals surface area (Å²) in [5, 5.41) is 3.47. The lowest BCUT2D eigenvalue weighted by molar-refractivity contribution is -0.139. The van der Waals surface area contributed by atoms with Gasteiger partial charge in [-0.15, -0.1) is 0 Å². The number of amides is 2. The second kappa shape index (κ2) is 8.48. The lowest BCUT2D eigenvalue weighted by Gasteiger charge is -2.42. The van der Waals surface area contributed by atoms with Crippen molar-refractivity contribution in [3.8, 4) is 0 Å². The largest absolute Gasteiger partial charge is 0.370 e. The highest BCUT2D eigenvalue weighted by Crippen LogP contribution is 2.37. The Morgan fingerprint density at radius 1 is 1.04 bits per heavy atom. The van der Waals surface area contributed by atoms with Crippen molar-refractivity contribution in [3.05, 3.63) is 0 Å². The Balaban J connectivity index is 1.33. The van der Waals surface area contributed by atoms with Crippen LogP contribution in [0.4, 0.5) is 0 Å². The molecule has 0 unspecified atom stereocenters. The molecular weight excluding hydrogens is 340 g/mol. The van der Waals surface area contributed by atoms with E-state index >= 15 is 0 Å². The van der Waals surface area contributed by atoms with Gasteiger partial charge in [-0.2, -0.15) is 0 Å². The Kier molecular flexibility index (Phi) is 6.02. The minimum absolute atomic E-state index is 0.0502. The molecule has 4 rings (SSSR count). The topological polar surface area (TPSA) is 78.7 Å². The molecule has 0 spiro atoms. The maximum Gasteiger partial charge on any atom is 0.240 e. The molecule has 2 saturated heterocycles. The van der Waals surface area contributed by atoms with Crippen LogP contribution in [0.2, 0.25) is 0 Å². The first-order valence-electron chi connectivity index (χ1n) is 11.1. The summed E-state index contributed by atoms with van der Waals surface area (Å²) in [4.78, 5) is 29.1. The third-order valence-corrected chi connectivity index (χ3v) is 7.00. The van der Waals surface area contributed by atoms with E-state index in [1.807, 2.05) is 0 Å². The molecule has 2 amide bonds. The SMILES string of the molecule is NC(=O)CC1CCN(C[C@H](CC2CC2)N2CCN[C@@H](CC3CC3)C2=O)CC1. The van der Waals surface area contributed by atoms with Crippen molar-refractivity contribution in [3.63, 3.8) is 0 Å². The molecule has 152 valence electrons. The zero-order valence-electron chi connectivity index (χ0n) is 16.6. The van der Waals surface area contributed by atoms with Crippen LogP contribution in [0.25, 0.3) is 0 Å². The molecule has 0 radical (unpaired) electrons. The summed E-state index contributed by atoms with van der Waals surface area (Å²) >= 11 is 0. The van der Waals surface area contributed by atoms with Crippen LogP contribution >= 0.6 is 0 Å². The Labute approximate surface area is 163 Å². The lowest BCUT2D eigenvalue weighted by Crippen LogP contribution is -2.60. The van der Waals surface area contributed by atoms with E-state index in [1.54, 1.807) is 0 Å². The van der Waals surface area contributed by atoms with Crippen molar-refractivity contribution < 1.29 is 9.59 Å². The van der Waals surface area contributed by atoms with Gasteiger partial charge in [-0.3, -0.25) is 9.59 Å². The van der Waals surface area contributed by atoms with Crippen LogP contribution in [0.3, 0.4) is 0 Å². The predicted octanol–water partition coefficient (Wildman–Crippen LogP) is 1.34. The van der Waals surface area contributed by atoms with Gasteiger partial charge in [0.1, 0.15) is 0 Å². The standard InChI is InChI=1S/C21H36N4O2/c22-20(26)13-17-5-8-24(9-6-17)14-18(11-15-1-2-15)25-10-7-23-19(21(25)27)12-16-3-4-16/h15-19,23H,1-14H2,(H2,22,26)/t18-,19-/m0/s1. The maximum absolute atomic E-state index is 13.1. The summed E-state index contributed by atoms with van der Waals surface area (Å²) in [6.45, 7) is 4.86. The first-order valence-corrected chi connectivity index (χ1v) is 11.1. The highest BCUT2D eigenvalue weighted by atomic mass is 16.2. The van der Waals surface area contributed by atoms with Crippen LogP contribution in [0.15, 0.2) is 0 Å². The molecule has 6 nitrogen and oxygen atoms in total. The molecule has 6 heteroatoms. The number of hydrogen-bond acceptors (Lipinski definition) is 4. The number of piperazine rings is 1. The smallest absolute Gasteiger partial charge is 0.240 e. The number of piperidine rings is 1. The van der Waals surface area contributed by atoms with Gasteiger partial charge in [0.15, 0.2) is 0 Å². The zero-order chi connectivity index (χ0) is 18.8. The molecule has 3 N–H and O–H groups in total. The number of nitrogens with two attached hydrogens (primary N) is 1. The number of primary amides is 1. The highest BCUT2D eigenvalue weighted by molar-refractivity contribution is 5.83. The van der Waals surface area contributed by atoms with E-state index in [0.29, 0.717) is 24.3 Å². The normalized spacial score (nSPS) is 29.1. The van der Waals surface area contributed by atoms with Gasteiger partial charge in [0, 0.05) is 32.1 Å². The number of nitrogens with zero attached hydrogens (tertiary/aromatic N) is 2. The number of nitrogens with one attached hydrogen (secondary N) is 1. The van der Waals surface area contributed by atoms with Crippen LogP contribution in [0.5, 0.6) is 0 Å². The molecule has 2 saturated carbocycles. The zero-order valence-corrected chi connectivity index (χ0v) is 16.6. The van der Waals surface area contributed by atoms with Gasteiger partial charge < -0.3 is 20.9 Å². The van der Waals surface area contributed by atoms with Gasteiger partial charge in [0.2, 0.25) is 11.8 Å². The number of carbonyl (C=O) groups is 2. The van der Waals surface area contributed by atoms with Crippen LogP contribution < -0.4 is 11.1 Å². The third-order valence-electron chi connectivity index (χ3n) is 7.00. The van der Waals surface area contributed by atoms with Crippen LogP contribution in [-0.4, -0.2) is 66.4 Å². The van der Waals surface area contributed by atoms with Crippen LogP contribution in [-0.2, 0) is 9.59 Å². The minimum atomic E-state index is -0.173. The minimum Gasteiger partial charge on any atom is -0.370 e. The lowest BCUT2D eigenvalue weighted by atomic mass is 9.92. The van der Waals surface area contributed by atoms with Gasteiger partial charge in [-0.25, -0.2) is 0 Å². The Morgan fingerprint density at radius 3 is 2.37 bits per heavy atom. The molecule has 4 aliphatic rings. The van der Waals surface area contributed by atoms with Crippen LogP contribution in [0, 0.1) is 17.8 Å². The second-order valence-electron chi connectivity index (χ2n) is 9.46. The summed E-state index contributed by atoms with van der Waals surface area (Å²) in [7, 11) is 0. The van der Waals surface area contributed by atoms with Gasteiger partial charge in [-0.05, 0) is 56.5 Å². The highest BCUT2D eigenvalue weighted by Gasteiger charge is 2.39. The fraction of sp³-hybridized carbons (Fsp3) is 0.905. The van der Waals surface area contributed by atoms with Crippen molar-refractivity contribution in [2.24, 2.45) is 23.5 Å². The molecule has 0 aromatic carbocycles. The van der Waals surface area contributed by atoms with E-state index in [9.17, 15) is 9.59 Å². The molecule has 0 aromatic heterocycles. The average Bonchev–Trinajstić information content (AvgIpc) is 3.54. The molecule has 2 aliphatic carbocycles. The summed E-state index contributed by atoms with van der Waals surface area (Å²) in [5.74, 6) is 2.23. The molecular formula is C21H36N4O2. The molecule has 0 bridgehead atoms. The first-order chi connectivity index (χ1) is 13.1. The fourth-order valence-corrected chi connectivity index (χ4v) is 4.98. The second-order valence-corrected chi connectivity index (χ2v) is 9.46. The van der Waals surface area contributed by atoms with Crippen molar-refractivity contribution >= 4 is 11.8 Å². The van der Waals surface area contributed by atoms with Gasteiger partial charge >= 0.3 is 0 Å². The van der Waals surface area contributed by atoms with Crippen molar-refractivity contribution in [2.75, 3.05) is 32.7 Å². The van der Waals surface area contributed by atoms with E-state index in [4.69, 9.17) is 5.73 Å². The third kappa shape index (κ3) is 5.44. The maximum atomic E-state index is 13.1. The van der Waals surface area contributed by atoms with Gasteiger partial charge in [0.25, 0.3) is 0 Å². The molecule has 2 heterocycles. The first kappa shape index (κ1) is 19.2. The summed E-state index contributed by atoms with van der Waals surface area (Å²) < 4.78 is 0. The number of rotatable bonds is 9. The van der Waals surface area contributed by atoms with Crippen molar-refractivity contribution in [1.82, 2.24) is 15.1 Å². The van der Waals surface area contributed by atoms with Gasteiger partial charge in [0.05, 0.1) is 6.04 Å². The number of likely N-dealkylation sites (tertiary alicyclic amines) is 1. The predicted molar refractivity (Wildman–Crippen MR) is 105 cm³/mol. The molecule has 4 fully saturated rings. The Hall–Kier alpha value is -1.14. The van der Waals surface area contributed by atoms with E-state index in [1.165, 1.54) is 32.1 Å². The van der Waals surface area contributed by atoms with Crippen molar-refractivity contribution in [2.45, 2.75) is 69.9 Å². The number of carbonyl (C=O) groups excluding carboxylic acids is 2. The Bertz CT molecular complexity index is 538. The summed E-state index contributed by atoms with van der Waals surface area (Å²) in [6.07, 6.45) is 10.1. The number of hydrogen-bond donors (Lipinski definition) is 2. The molecule has 2 aliphatic heterocycles. The molecule has 0 aromatic rings. The Morgan fingerprint density at radius 2 is 1.74 bits per heavy atom. The molecule has 2 atom stereocenters. The molecule has 27 heavy (non-hydrogen) atoms.